The molecule has 19 heavy (non-hydrogen) atoms. The second kappa shape index (κ2) is 7.26. The molecule has 4 heteroatoms. The Balaban J connectivity index is 1.86. The summed E-state index contributed by atoms with van der Waals surface area (Å²) in [5.74, 6) is 0.474. The molecule has 0 atom stereocenters. The zero-order valence-electron chi connectivity index (χ0n) is 11.4. The molecule has 1 fully saturated rings. The topological polar surface area (TPSA) is 24.5 Å². The van der Waals surface area contributed by atoms with Crippen LogP contribution in [0.3, 0.4) is 0 Å². The van der Waals surface area contributed by atoms with E-state index in [-0.39, 0.29) is 5.82 Å². The van der Waals surface area contributed by atoms with E-state index >= 15 is 0 Å². The first-order valence-electron chi connectivity index (χ1n) is 6.73. The number of benzene rings is 1. The number of nitrogens with zero attached hydrogens (tertiary/aromatic N) is 1. The third kappa shape index (κ3) is 4.33. The predicted octanol–water partition coefficient (Wildman–Crippen LogP) is 2.14. The summed E-state index contributed by atoms with van der Waals surface area (Å²) in [4.78, 5) is 2.43. The van der Waals surface area contributed by atoms with Crippen molar-refractivity contribution in [2.24, 2.45) is 0 Å². The highest BCUT2D eigenvalue weighted by atomic mass is 19.1. The SMILES string of the molecule is COc1ccc(F)cc1/C=C/CCN1CCNCC1. The zero-order chi connectivity index (χ0) is 13.5. The second-order valence-corrected chi connectivity index (χ2v) is 4.67. The molecule has 1 aliphatic rings. The van der Waals surface area contributed by atoms with Crippen molar-refractivity contribution in [2.75, 3.05) is 39.8 Å². The summed E-state index contributed by atoms with van der Waals surface area (Å²) in [7, 11) is 1.60. The van der Waals surface area contributed by atoms with Crippen molar-refractivity contribution >= 4 is 6.08 Å². The quantitative estimate of drug-likeness (QED) is 0.882. The number of halogens is 1. The highest BCUT2D eigenvalue weighted by Crippen LogP contribution is 2.20. The number of nitrogens with one attached hydrogen (secondary N) is 1. The van der Waals surface area contributed by atoms with Crippen molar-refractivity contribution in [1.82, 2.24) is 10.2 Å². The van der Waals surface area contributed by atoms with Crippen LogP contribution in [0.15, 0.2) is 24.3 Å². The van der Waals surface area contributed by atoms with E-state index in [9.17, 15) is 4.39 Å². The van der Waals surface area contributed by atoms with Gasteiger partial charge in [-0.15, -0.1) is 0 Å². The van der Waals surface area contributed by atoms with Gasteiger partial charge in [0.2, 0.25) is 0 Å². The molecular weight excluding hydrogens is 243 g/mol. The summed E-state index contributed by atoms with van der Waals surface area (Å²) in [6.07, 6.45) is 4.99. The Morgan fingerprint density at radius 2 is 2.16 bits per heavy atom. The van der Waals surface area contributed by atoms with Gasteiger partial charge in [0.15, 0.2) is 0 Å². The van der Waals surface area contributed by atoms with E-state index in [0.717, 1.165) is 44.7 Å². The van der Waals surface area contributed by atoms with Gasteiger partial charge in [-0.2, -0.15) is 0 Å². The lowest BCUT2D eigenvalue weighted by molar-refractivity contribution is 0.245. The Hall–Kier alpha value is -1.39. The number of hydrogen-bond donors (Lipinski definition) is 1. The standard InChI is InChI=1S/C15H21FN2O/c1-19-15-6-5-14(16)12-13(15)4-2-3-9-18-10-7-17-8-11-18/h2,4-6,12,17H,3,7-11H2,1H3/b4-2+. The molecule has 0 amide bonds. The van der Waals surface area contributed by atoms with Crippen LogP contribution in [0.25, 0.3) is 6.08 Å². The van der Waals surface area contributed by atoms with Gasteiger partial charge in [0.25, 0.3) is 0 Å². The summed E-state index contributed by atoms with van der Waals surface area (Å²) < 4.78 is 18.4. The molecule has 1 saturated heterocycles. The van der Waals surface area contributed by atoms with Crippen molar-refractivity contribution in [3.8, 4) is 5.75 Å². The van der Waals surface area contributed by atoms with E-state index in [1.165, 1.54) is 12.1 Å². The molecule has 0 aliphatic carbocycles. The lowest BCUT2D eigenvalue weighted by Gasteiger charge is -2.26. The number of rotatable bonds is 5. The number of methoxy groups -OCH3 is 1. The molecular formula is C15H21FN2O. The van der Waals surface area contributed by atoms with Gasteiger partial charge in [-0.3, -0.25) is 0 Å². The van der Waals surface area contributed by atoms with Crippen molar-refractivity contribution < 1.29 is 9.13 Å². The predicted molar refractivity (Wildman–Crippen MR) is 75.9 cm³/mol. The number of hydrogen-bond acceptors (Lipinski definition) is 3. The lowest BCUT2D eigenvalue weighted by Crippen LogP contribution is -2.43. The zero-order valence-corrected chi connectivity index (χ0v) is 11.4. The van der Waals surface area contributed by atoms with Crippen LogP contribution < -0.4 is 10.1 Å². The molecule has 3 nitrogen and oxygen atoms in total. The highest BCUT2D eigenvalue weighted by Gasteiger charge is 2.07. The molecule has 1 heterocycles. The maximum absolute atomic E-state index is 13.2. The van der Waals surface area contributed by atoms with E-state index < -0.39 is 0 Å². The first-order chi connectivity index (χ1) is 9.29. The Morgan fingerprint density at radius 1 is 1.37 bits per heavy atom. The molecule has 2 rings (SSSR count). The minimum Gasteiger partial charge on any atom is -0.496 e. The summed E-state index contributed by atoms with van der Waals surface area (Å²) in [6.45, 7) is 5.41. The van der Waals surface area contributed by atoms with Crippen molar-refractivity contribution in [3.63, 3.8) is 0 Å². The molecule has 0 bridgehead atoms. The first-order valence-corrected chi connectivity index (χ1v) is 6.73. The smallest absolute Gasteiger partial charge is 0.126 e. The molecule has 0 spiro atoms. The van der Waals surface area contributed by atoms with Crippen LogP contribution in [0.2, 0.25) is 0 Å². The fraction of sp³-hybridized carbons (Fsp3) is 0.467. The van der Waals surface area contributed by atoms with E-state index in [4.69, 9.17) is 4.74 Å². The minimum atomic E-state index is -0.234. The van der Waals surface area contributed by atoms with Gasteiger partial charge in [0.1, 0.15) is 11.6 Å². The van der Waals surface area contributed by atoms with Crippen LogP contribution in [0.1, 0.15) is 12.0 Å². The molecule has 1 N–H and O–H groups in total. The van der Waals surface area contributed by atoms with E-state index in [2.05, 4.69) is 16.3 Å². The monoisotopic (exact) mass is 264 g/mol. The maximum Gasteiger partial charge on any atom is 0.126 e. The Bertz CT molecular complexity index is 428. The average Bonchev–Trinajstić information content (AvgIpc) is 2.45. The van der Waals surface area contributed by atoms with Gasteiger partial charge in [-0.1, -0.05) is 12.2 Å². The van der Waals surface area contributed by atoms with Crippen LogP contribution in [0, 0.1) is 5.82 Å². The molecule has 1 aromatic rings. The third-order valence-electron chi connectivity index (χ3n) is 3.31. The molecule has 104 valence electrons. The van der Waals surface area contributed by atoms with Crippen molar-refractivity contribution in [3.05, 3.63) is 35.7 Å². The molecule has 0 saturated carbocycles. The Kier molecular flexibility index (Phi) is 5.36. The maximum atomic E-state index is 13.2. The summed E-state index contributed by atoms with van der Waals surface area (Å²) >= 11 is 0. The van der Waals surface area contributed by atoms with E-state index in [0.29, 0.717) is 5.75 Å². The second-order valence-electron chi connectivity index (χ2n) is 4.67. The van der Waals surface area contributed by atoms with Gasteiger partial charge in [0, 0.05) is 38.3 Å². The largest absolute Gasteiger partial charge is 0.496 e. The van der Waals surface area contributed by atoms with Gasteiger partial charge < -0.3 is 15.0 Å². The summed E-state index contributed by atoms with van der Waals surface area (Å²) in [5, 5.41) is 3.33. The van der Waals surface area contributed by atoms with Crippen LogP contribution >= 0.6 is 0 Å². The van der Waals surface area contributed by atoms with E-state index in [1.807, 2.05) is 6.08 Å². The Labute approximate surface area is 114 Å². The molecule has 1 aliphatic heterocycles. The fourth-order valence-corrected chi connectivity index (χ4v) is 2.24. The molecule has 0 radical (unpaired) electrons. The van der Waals surface area contributed by atoms with Crippen LogP contribution in [-0.2, 0) is 0 Å². The minimum absolute atomic E-state index is 0.234. The third-order valence-corrected chi connectivity index (χ3v) is 3.31. The van der Waals surface area contributed by atoms with Gasteiger partial charge >= 0.3 is 0 Å². The number of piperazine rings is 1. The normalized spacial score (nSPS) is 16.9. The molecule has 0 aromatic heterocycles. The molecule has 0 unspecified atom stereocenters. The summed E-state index contributed by atoms with van der Waals surface area (Å²) in [5.41, 5.74) is 0.794. The van der Waals surface area contributed by atoms with Gasteiger partial charge in [-0.25, -0.2) is 4.39 Å². The van der Waals surface area contributed by atoms with Crippen LogP contribution in [0.5, 0.6) is 5.75 Å². The van der Waals surface area contributed by atoms with Crippen molar-refractivity contribution in [2.45, 2.75) is 6.42 Å². The van der Waals surface area contributed by atoms with Crippen LogP contribution in [0.4, 0.5) is 4.39 Å². The van der Waals surface area contributed by atoms with Crippen molar-refractivity contribution in [1.29, 1.82) is 0 Å². The number of ether oxygens (including phenoxy) is 1. The first kappa shape index (κ1) is 14.0. The average molecular weight is 264 g/mol. The highest BCUT2D eigenvalue weighted by molar-refractivity contribution is 5.57. The van der Waals surface area contributed by atoms with E-state index in [1.54, 1.807) is 13.2 Å². The fourth-order valence-electron chi connectivity index (χ4n) is 2.24. The van der Waals surface area contributed by atoms with Crippen LogP contribution in [-0.4, -0.2) is 44.7 Å². The molecule has 1 aromatic carbocycles. The van der Waals surface area contributed by atoms with Gasteiger partial charge in [0.05, 0.1) is 7.11 Å². The Morgan fingerprint density at radius 3 is 2.89 bits per heavy atom. The lowest BCUT2D eigenvalue weighted by atomic mass is 10.1. The summed E-state index contributed by atoms with van der Waals surface area (Å²) in [6, 6.07) is 4.57. The van der Waals surface area contributed by atoms with Gasteiger partial charge in [-0.05, 0) is 24.6 Å².